The number of sulfonamides is 1. The fraction of sp³-hybridized carbons (Fsp3) is 0.0667. The first-order valence-corrected chi connectivity index (χ1v) is 8.21. The maximum absolute atomic E-state index is 12.3. The molecule has 0 bridgehead atoms. The Morgan fingerprint density at radius 2 is 1.77 bits per heavy atom. The number of hydrogen-bond donors (Lipinski definition) is 1. The lowest BCUT2D eigenvalue weighted by Gasteiger charge is -2.08. The number of nitrogens with zero attached hydrogens (tertiary/aromatic N) is 2. The van der Waals surface area contributed by atoms with Crippen molar-refractivity contribution >= 4 is 21.4 Å². The van der Waals surface area contributed by atoms with E-state index in [1.807, 2.05) is 6.07 Å². The molecule has 0 aliphatic carbocycles. The Balaban J connectivity index is 1.92. The predicted octanol–water partition coefficient (Wildman–Crippen LogP) is 1.64. The summed E-state index contributed by atoms with van der Waals surface area (Å²) in [5.74, 6) is -0.204. The van der Waals surface area contributed by atoms with Gasteiger partial charge in [0.2, 0.25) is 10.0 Å². The highest BCUT2D eigenvalue weighted by molar-refractivity contribution is 7.91. The van der Waals surface area contributed by atoms with Crippen molar-refractivity contribution < 1.29 is 8.42 Å². The summed E-state index contributed by atoms with van der Waals surface area (Å²) in [6.07, 6.45) is 2.78. The monoisotopic (exact) mass is 315 g/mol. The molecule has 0 amide bonds. The van der Waals surface area contributed by atoms with E-state index in [0.29, 0.717) is 11.2 Å². The van der Waals surface area contributed by atoms with Crippen LogP contribution in [0.3, 0.4) is 0 Å². The highest BCUT2D eigenvalue weighted by Gasteiger charge is 2.14. The summed E-state index contributed by atoms with van der Waals surface area (Å²) in [7, 11) is -3.68. The number of benzene rings is 1. The number of nitrogens with one attached hydrogen (secondary N) is 1. The number of anilines is 1. The zero-order chi connectivity index (χ0) is 15.6. The molecule has 0 fully saturated rings. The highest BCUT2D eigenvalue weighted by atomic mass is 32.2. The molecule has 0 spiro atoms. The lowest BCUT2D eigenvalue weighted by molar-refractivity contribution is 0.600. The molecule has 3 rings (SSSR count). The smallest absolute Gasteiger partial charge is 0.277 e. The van der Waals surface area contributed by atoms with Crippen LogP contribution < -0.4 is 10.3 Å². The quantitative estimate of drug-likeness (QED) is 0.793. The fourth-order valence-corrected chi connectivity index (χ4v) is 3.27. The van der Waals surface area contributed by atoms with Crippen molar-refractivity contribution in [2.45, 2.75) is 5.75 Å². The van der Waals surface area contributed by atoms with Gasteiger partial charge in [-0.25, -0.2) is 13.4 Å². The van der Waals surface area contributed by atoms with Crippen molar-refractivity contribution in [1.82, 2.24) is 9.38 Å². The van der Waals surface area contributed by atoms with Crippen molar-refractivity contribution in [3.63, 3.8) is 0 Å². The number of hydrogen-bond acceptors (Lipinski definition) is 4. The molecule has 1 N–H and O–H groups in total. The molecular formula is C15H13N3O3S. The number of pyridine rings is 1. The van der Waals surface area contributed by atoms with Gasteiger partial charge in [0.05, 0.1) is 11.9 Å². The van der Waals surface area contributed by atoms with Gasteiger partial charge in [-0.05, 0) is 17.7 Å². The Labute approximate surface area is 127 Å². The van der Waals surface area contributed by atoms with Gasteiger partial charge in [0, 0.05) is 6.20 Å². The van der Waals surface area contributed by atoms with Gasteiger partial charge in [-0.3, -0.25) is 13.9 Å². The van der Waals surface area contributed by atoms with Crippen LogP contribution in [0.1, 0.15) is 5.56 Å². The molecule has 0 atom stereocenters. The van der Waals surface area contributed by atoms with Crippen LogP contribution >= 0.6 is 0 Å². The van der Waals surface area contributed by atoms with E-state index >= 15 is 0 Å². The average Bonchev–Trinajstić information content (AvgIpc) is 2.51. The second-order valence-corrected chi connectivity index (χ2v) is 6.47. The topological polar surface area (TPSA) is 80.5 Å². The van der Waals surface area contributed by atoms with Crippen molar-refractivity contribution in [3.05, 3.63) is 76.8 Å². The number of aromatic nitrogens is 2. The maximum Gasteiger partial charge on any atom is 0.282 e. The molecule has 0 saturated heterocycles. The second-order valence-electron chi connectivity index (χ2n) is 4.75. The molecule has 1 aromatic carbocycles. The fourth-order valence-electron chi connectivity index (χ4n) is 2.09. The Kier molecular flexibility index (Phi) is 3.64. The van der Waals surface area contributed by atoms with Gasteiger partial charge in [0.1, 0.15) is 11.3 Å². The first-order valence-electron chi connectivity index (χ1n) is 6.56. The molecule has 0 aliphatic rings. The maximum atomic E-state index is 12.3. The van der Waals surface area contributed by atoms with E-state index in [2.05, 4.69) is 9.71 Å². The molecular weight excluding hydrogens is 302 g/mol. The standard InChI is InChI=1S/C15H13N3O3S/c19-15-13(10-16-14-8-4-5-9-18(14)15)17-22(20,21)11-12-6-2-1-3-7-12/h1-10,17H,11H2. The summed E-state index contributed by atoms with van der Waals surface area (Å²) in [4.78, 5) is 16.3. The Hall–Kier alpha value is -2.67. The summed E-state index contributed by atoms with van der Waals surface area (Å²) >= 11 is 0. The van der Waals surface area contributed by atoms with Crippen LogP contribution in [0.15, 0.2) is 65.7 Å². The van der Waals surface area contributed by atoms with E-state index in [-0.39, 0.29) is 11.4 Å². The van der Waals surface area contributed by atoms with Crippen LogP contribution in [0, 0.1) is 0 Å². The molecule has 0 unspecified atom stereocenters. The minimum atomic E-state index is -3.68. The minimum Gasteiger partial charge on any atom is -0.277 e. The molecule has 2 aromatic heterocycles. The molecule has 2 heterocycles. The lowest BCUT2D eigenvalue weighted by Crippen LogP contribution is -2.24. The number of rotatable bonds is 4. The normalized spacial score (nSPS) is 11.5. The summed E-state index contributed by atoms with van der Waals surface area (Å²) in [6.45, 7) is 0. The van der Waals surface area contributed by atoms with Crippen LogP contribution in [0.4, 0.5) is 5.69 Å². The Morgan fingerprint density at radius 1 is 1.05 bits per heavy atom. The lowest BCUT2D eigenvalue weighted by atomic mass is 10.2. The van der Waals surface area contributed by atoms with Gasteiger partial charge < -0.3 is 0 Å². The van der Waals surface area contributed by atoms with E-state index in [1.165, 1.54) is 10.6 Å². The summed E-state index contributed by atoms with van der Waals surface area (Å²) in [5, 5.41) is 0. The third kappa shape index (κ3) is 2.99. The largest absolute Gasteiger partial charge is 0.282 e. The van der Waals surface area contributed by atoms with E-state index < -0.39 is 15.6 Å². The second kappa shape index (κ2) is 5.61. The van der Waals surface area contributed by atoms with E-state index in [4.69, 9.17) is 0 Å². The van der Waals surface area contributed by atoms with Gasteiger partial charge in [0.15, 0.2) is 0 Å². The van der Waals surface area contributed by atoms with Crippen molar-refractivity contribution in [1.29, 1.82) is 0 Å². The van der Waals surface area contributed by atoms with Crippen molar-refractivity contribution in [2.75, 3.05) is 4.72 Å². The van der Waals surface area contributed by atoms with Gasteiger partial charge in [-0.15, -0.1) is 0 Å². The van der Waals surface area contributed by atoms with Crippen LogP contribution in [0.25, 0.3) is 5.65 Å². The van der Waals surface area contributed by atoms with Crippen LogP contribution in [0.2, 0.25) is 0 Å². The van der Waals surface area contributed by atoms with Crippen LogP contribution in [-0.2, 0) is 15.8 Å². The highest BCUT2D eigenvalue weighted by Crippen LogP contribution is 2.09. The molecule has 0 radical (unpaired) electrons. The molecule has 6 nitrogen and oxygen atoms in total. The van der Waals surface area contributed by atoms with Gasteiger partial charge >= 0.3 is 0 Å². The van der Waals surface area contributed by atoms with Gasteiger partial charge in [0.25, 0.3) is 5.56 Å². The summed E-state index contributed by atoms with van der Waals surface area (Å²) in [5.41, 5.74) is 0.573. The molecule has 3 aromatic rings. The third-order valence-corrected chi connectivity index (χ3v) is 4.32. The Morgan fingerprint density at radius 3 is 2.55 bits per heavy atom. The van der Waals surface area contributed by atoms with Gasteiger partial charge in [-0.1, -0.05) is 36.4 Å². The van der Waals surface area contributed by atoms with E-state index in [1.54, 1.807) is 48.7 Å². The van der Waals surface area contributed by atoms with Crippen molar-refractivity contribution in [3.8, 4) is 0 Å². The van der Waals surface area contributed by atoms with Crippen molar-refractivity contribution in [2.24, 2.45) is 0 Å². The first-order chi connectivity index (χ1) is 10.6. The average molecular weight is 315 g/mol. The zero-order valence-corrected chi connectivity index (χ0v) is 12.3. The summed E-state index contributed by atoms with van der Waals surface area (Å²) < 4.78 is 27.9. The van der Waals surface area contributed by atoms with E-state index in [9.17, 15) is 13.2 Å². The molecule has 0 saturated carbocycles. The third-order valence-electron chi connectivity index (χ3n) is 3.08. The predicted molar refractivity (Wildman–Crippen MR) is 84.2 cm³/mol. The molecule has 7 heteroatoms. The zero-order valence-electron chi connectivity index (χ0n) is 11.5. The van der Waals surface area contributed by atoms with Crippen LogP contribution in [-0.4, -0.2) is 17.8 Å². The molecule has 22 heavy (non-hydrogen) atoms. The molecule has 112 valence electrons. The number of fused-ring (bicyclic) bond motifs is 1. The molecule has 0 aliphatic heterocycles. The van der Waals surface area contributed by atoms with Crippen LogP contribution in [0.5, 0.6) is 0 Å². The summed E-state index contributed by atoms with van der Waals surface area (Å²) in [6, 6.07) is 13.9. The van der Waals surface area contributed by atoms with E-state index in [0.717, 1.165) is 0 Å². The van der Waals surface area contributed by atoms with Gasteiger partial charge in [-0.2, -0.15) is 0 Å². The Bertz CT molecular complexity index is 966. The SMILES string of the molecule is O=c1c(NS(=O)(=O)Cc2ccccc2)cnc2ccccn12. The first kappa shape index (κ1) is 14.3. The minimum absolute atomic E-state index is 0.0698.